The van der Waals surface area contributed by atoms with Crippen LogP contribution in [0.25, 0.3) is 0 Å². The Balaban J connectivity index is 0.00000450. The molecule has 11 heteroatoms. The third-order valence-electron chi connectivity index (χ3n) is 4.01. The van der Waals surface area contributed by atoms with Gasteiger partial charge in [-0.25, -0.2) is 18.1 Å². The summed E-state index contributed by atoms with van der Waals surface area (Å²) in [7, 11) is -2.14. The molecule has 0 saturated carbocycles. The maximum absolute atomic E-state index is 12.6. The van der Waals surface area contributed by atoms with Crippen molar-refractivity contribution < 1.29 is 21.6 Å². The van der Waals surface area contributed by atoms with Crippen LogP contribution in [0.2, 0.25) is 0 Å². The Morgan fingerprint density at radius 3 is 2.03 bits per heavy atom. The van der Waals surface area contributed by atoms with Crippen molar-refractivity contribution in [3.05, 3.63) is 65.2 Å². The summed E-state index contributed by atoms with van der Waals surface area (Å²) in [4.78, 5) is 4.58. The van der Waals surface area contributed by atoms with Crippen LogP contribution < -0.4 is 15.4 Å². The molecule has 0 spiro atoms. The van der Waals surface area contributed by atoms with Gasteiger partial charge in [0.2, 0.25) is 10.0 Å². The minimum Gasteiger partial charge on any atom is -0.357 e. The first kappa shape index (κ1) is 26.2. The van der Waals surface area contributed by atoms with Gasteiger partial charge in [-0.15, -0.1) is 24.0 Å². The first-order valence-electron chi connectivity index (χ1n) is 8.86. The summed E-state index contributed by atoms with van der Waals surface area (Å²) in [5, 5.41) is 6.12. The van der Waals surface area contributed by atoms with Crippen molar-refractivity contribution in [1.82, 2.24) is 15.4 Å². The van der Waals surface area contributed by atoms with E-state index in [1.165, 1.54) is 31.3 Å². The van der Waals surface area contributed by atoms with E-state index in [1.807, 2.05) is 6.92 Å². The molecule has 0 radical (unpaired) electrons. The van der Waals surface area contributed by atoms with Gasteiger partial charge in [0.15, 0.2) is 5.96 Å². The standard InChI is InChI=1S/C19H23F3N4O2S.HI/c1-3-24-18(25-12-14-4-8-16(9-5-14)19(20,21)22)26-13-15-6-10-17(11-7-15)29(27,28)23-2;/h4-11,23H,3,12-13H2,1-2H3,(H2,24,25,26);1H. The largest absolute Gasteiger partial charge is 0.416 e. The highest BCUT2D eigenvalue weighted by Gasteiger charge is 2.29. The molecule has 166 valence electrons. The van der Waals surface area contributed by atoms with Crippen molar-refractivity contribution in [3.8, 4) is 0 Å². The quantitative estimate of drug-likeness (QED) is 0.277. The Hall–Kier alpha value is -1.86. The number of sulfonamides is 1. The number of guanidine groups is 1. The molecule has 0 atom stereocenters. The Labute approximate surface area is 191 Å². The zero-order valence-corrected chi connectivity index (χ0v) is 19.6. The van der Waals surface area contributed by atoms with E-state index in [9.17, 15) is 21.6 Å². The number of nitrogens with zero attached hydrogens (tertiary/aromatic N) is 1. The van der Waals surface area contributed by atoms with Crippen LogP contribution in [0.1, 0.15) is 23.6 Å². The molecular formula is C19H24F3IN4O2S. The zero-order valence-electron chi connectivity index (χ0n) is 16.5. The van der Waals surface area contributed by atoms with E-state index in [0.717, 1.165) is 17.7 Å². The SMILES string of the molecule is CCNC(=NCc1ccc(S(=O)(=O)NC)cc1)NCc1ccc(C(F)(F)F)cc1.I. The molecule has 0 bridgehead atoms. The van der Waals surface area contributed by atoms with Crippen LogP contribution >= 0.6 is 24.0 Å². The van der Waals surface area contributed by atoms with E-state index in [1.54, 1.807) is 12.1 Å². The lowest BCUT2D eigenvalue weighted by atomic mass is 10.1. The normalized spacial score (nSPS) is 12.2. The number of benzene rings is 2. The van der Waals surface area contributed by atoms with Gasteiger partial charge in [0.1, 0.15) is 0 Å². The lowest BCUT2D eigenvalue weighted by molar-refractivity contribution is -0.137. The molecule has 0 unspecified atom stereocenters. The molecule has 3 N–H and O–H groups in total. The Kier molecular flexibility index (Phi) is 10.0. The fourth-order valence-electron chi connectivity index (χ4n) is 2.40. The first-order chi connectivity index (χ1) is 13.7. The molecule has 0 saturated heterocycles. The lowest BCUT2D eigenvalue weighted by Crippen LogP contribution is -2.36. The second kappa shape index (κ2) is 11.5. The summed E-state index contributed by atoms with van der Waals surface area (Å²) in [5.74, 6) is 0.499. The maximum atomic E-state index is 12.6. The molecule has 6 nitrogen and oxygen atoms in total. The van der Waals surface area contributed by atoms with Crippen LogP contribution in [0.15, 0.2) is 58.4 Å². The van der Waals surface area contributed by atoms with E-state index >= 15 is 0 Å². The van der Waals surface area contributed by atoms with Crippen molar-refractivity contribution in [2.75, 3.05) is 13.6 Å². The number of hydrogen-bond acceptors (Lipinski definition) is 3. The minimum absolute atomic E-state index is 0. The van der Waals surface area contributed by atoms with Gasteiger partial charge in [-0.05, 0) is 49.4 Å². The van der Waals surface area contributed by atoms with E-state index in [2.05, 4.69) is 20.3 Å². The van der Waals surface area contributed by atoms with Gasteiger partial charge in [0.25, 0.3) is 0 Å². The summed E-state index contributed by atoms with van der Waals surface area (Å²) in [6.07, 6.45) is -4.36. The third-order valence-corrected chi connectivity index (χ3v) is 5.44. The topological polar surface area (TPSA) is 82.6 Å². The number of hydrogen-bond donors (Lipinski definition) is 3. The van der Waals surface area contributed by atoms with Gasteiger partial charge < -0.3 is 10.6 Å². The summed E-state index contributed by atoms with van der Waals surface area (Å²) in [5.41, 5.74) is 0.808. The van der Waals surface area contributed by atoms with Gasteiger partial charge in [0.05, 0.1) is 17.0 Å². The third kappa shape index (κ3) is 7.76. The molecular weight excluding hydrogens is 532 g/mol. The molecule has 2 rings (SSSR count). The highest BCUT2D eigenvalue weighted by molar-refractivity contribution is 14.0. The van der Waals surface area contributed by atoms with Crippen molar-refractivity contribution in [2.24, 2.45) is 4.99 Å². The molecule has 30 heavy (non-hydrogen) atoms. The summed E-state index contributed by atoms with van der Waals surface area (Å²) in [6.45, 7) is 3.12. The van der Waals surface area contributed by atoms with Crippen LogP contribution in [0.4, 0.5) is 13.2 Å². The zero-order chi connectivity index (χ0) is 21.5. The highest BCUT2D eigenvalue weighted by atomic mass is 127. The van der Waals surface area contributed by atoms with Crippen LogP contribution in [-0.4, -0.2) is 28.0 Å². The molecule has 0 aliphatic carbocycles. The van der Waals surface area contributed by atoms with E-state index < -0.39 is 21.8 Å². The fourth-order valence-corrected chi connectivity index (χ4v) is 3.13. The van der Waals surface area contributed by atoms with Gasteiger partial charge >= 0.3 is 6.18 Å². The van der Waals surface area contributed by atoms with E-state index in [0.29, 0.717) is 31.2 Å². The van der Waals surface area contributed by atoms with Gasteiger partial charge in [-0.2, -0.15) is 13.2 Å². The van der Waals surface area contributed by atoms with Gasteiger partial charge in [-0.1, -0.05) is 24.3 Å². The molecule has 0 aromatic heterocycles. The lowest BCUT2D eigenvalue weighted by Gasteiger charge is -2.12. The second-order valence-electron chi connectivity index (χ2n) is 6.09. The van der Waals surface area contributed by atoms with E-state index in [-0.39, 0.29) is 28.9 Å². The fraction of sp³-hybridized carbons (Fsp3) is 0.316. The number of halogens is 4. The summed E-state index contributed by atoms with van der Waals surface area (Å²) < 4.78 is 63.6. The molecule has 2 aromatic rings. The summed E-state index contributed by atoms with van der Waals surface area (Å²) >= 11 is 0. The van der Waals surface area contributed by atoms with Crippen LogP contribution in [0.3, 0.4) is 0 Å². The Bertz CT molecular complexity index is 932. The Morgan fingerprint density at radius 2 is 1.53 bits per heavy atom. The van der Waals surface area contributed by atoms with Gasteiger partial charge in [-0.3, -0.25) is 0 Å². The number of rotatable bonds is 7. The van der Waals surface area contributed by atoms with Crippen LogP contribution in [0, 0.1) is 0 Å². The molecule has 0 fully saturated rings. The highest BCUT2D eigenvalue weighted by Crippen LogP contribution is 2.29. The monoisotopic (exact) mass is 556 g/mol. The van der Waals surface area contributed by atoms with Crippen LogP contribution in [-0.2, 0) is 29.3 Å². The molecule has 2 aromatic carbocycles. The molecule has 0 amide bonds. The molecule has 0 aliphatic rings. The van der Waals surface area contributed by atoms with Crippen molar-refractivity contribution in [3.63, 3.8) is 0 Å². The van der Waals surface area contributed by atoms with Crippen molar-refractivity contribution >= 4 is 40.0 Å². The predicted octanol–water partition coefficient (Wildman–Crippen LogP) is 3.49. The Morgan fingerprint density at radius 1 is 0.967 bits per heavy atom. The van der Waals surface area contributed by atoms with Gasteiger partial charge in [0, 0.05) is 13.1 Å². The number of alkyl halides is 3. The molecule has 0 aliphatic heterocycles. The number of nitrogens with one attached hydrogen (secondary N) is 3. The first-order valence-corrected chi connectivity index (χ1v) is 10.3. The number of aliphatic imine (C=N–C) groups is 1. The summed E-state index contributed by atoms with van der Waals surface area (Å²) in [6, 6.07) is 11.3. The minimum atomic E-state index is -4.36. The maximum Gasteiger partial charge on any atom is 0.416 e. The average Bonchev–Trinajstić information content (AvgIpc) is 2.70. The predicted molar refractivity (Wildman–Crippen MR) is 121 cm³/mol. The van der Waals surface area contributed by atoms with Crippen molar-refractivity contribution in [2.45, 2.75) is 31.1 Å². The second-order valence-corrected chi connectivity index (χ2v) is 7.98. The van der Waals surface area contributed by atoms with E-state index in [4.69, 9.17) is 0 Å². The smallest absolute Gasteiger partial charge is 0.357 e. The van der Waals surface area contributed by atoms with Crippen LogP contribution in [0.5, 0.6) is 0 Å². The van der Waals surface area contributed by atoms with Crippen molar-refractivity contribution in [1.29, 1.82) is 0 Å². The molecule has 0 heterocycles. The average molecular weight is 556 g/mol.